The SMILES string of the molecule is COCCNC(=O)CN1C(=O)c2ccccc2C1c1c(-c2ccc(C)cc2)n(C)c2ccccc12. The van der Waals surface area contributed by atoms with Gasteiger partial charge >= 0.3 is 0 Å². The average Bonchev–Trinajstić information content (AvgIpc) is 3.31. The third-order valence-electron chi connectivity index (χ3n) is 6.75. The van der Waals surface area contributed by atoms with E-state index in [1.165, 1.54) is 5.56 Å². The maximum Gasteiger partial charge on any atom is 0.255 e. The second kappa shape index (κ2) is 9.39. The number of ether oxygens (including phenoxy) is 1. The highest BCUT2D eigenvalue weighted by Gasteiger charge is 2.41. The van der Waals surface area contributed by atoms with Crippen LogP contribution in [-0.2, 0) is 16.6 Å². The summed E-state index contributed by atoms with van der Waals surface area (Å²) in [7, 11) is 3.65. The molecule has 0 aliphatic carbocycles. The lowest BCUT2D eigenvalue weighted by atomic mass is 9.93. The summed E-state index contributed by atoms with van der Waals surface area (Å²) >= 11 is 0. The Bertz CT molecular complexity index is 1400. The fraction of sp³-hybridized carbons (Fsp3) is 0.241. The van der Waals surface area contributed by atoms with Crippen molar-refractivity contribution in [3.8, 4) is 11.3 Å². The number of carbonyl (C=O) groups is 2. The van der Waals surface area contributed by atoms with Crippen molar-refractivity contribution in [2.24, 2.45) is 7.05 Å². The van der Waals surface area contributed by atoms with Gasteiger partial charge in [-0.25, -0.2) is 0 Å². The maximum absolute atomic E-state index is 13.6. The molecular formula is C29H29N3O3. The van der Waals surface area contributed by atoms with Crippen molar-refractivity contribution in [2.45, 2.75) is 13.0 Å². The van der Waals surface area contributed by atoms with Gasteiger partial charge in [-0.3, -0.25) is 9.59 Å². The summed E-state index contributed by atoms with van der Waals surface area (Å²) in [6.45, 7) is 2.86. The van der Waals surface area contributed by atoms with Crippen LogP contribution in [0.15, 0.2) is 72.8 Å². The van der Waals surface area contributed by atoms with Crippen molar-refractivity contribution >= 4 is 22.7 Å². The summed E-state index contributed by atoms with van der Waals surface area (Å²) in [5, 5.41) is 3.94. The third-order valence-corrected chi connectivity index (χ3v) is 6.75. The number of carbonyl (C=O) groups excluding carboxylic acids is 2. The number of hydrogen-bond acceptors (Lipinski definition) is 3. The first-order valence-electron chi connectivity index (χ1n) is 11.8. The molecular weight excluding hydrogens is 438 g/mol. The summed E-state index contributed by atoms with van der Waals surface area (Å²) in [4.78, 5) is 28.1. The molecule has 0 radical (unpaired) electrons. The Balaban J connectivity index is 1.70. The van der Waals surface area contributed by atoms with Crippen LogP contribution in [-0.4, -0.2) is 48.1 Å². The van der Waals surface area contributed by atoms with Crippen LogP contribution in [0.3, 0.4) is 0 Å². The molecule has 1 aliphatic rings. The van der Waals surface area contributed by atoms with Gasteiger partial charge in [-0.15, -0.1) is 0 Å². The van der Waals surface area contributed by atoms with Gasteiger partial charge in [0.2, 0.25) is 5.91 Å². The molecule has 1 N–H and O–H groups in total. The fourth-order valence-corrected chi connectivity index (χ4v) is 5.11. The molecule has 1 unspecified atom stereocenters. The minimum Gasteiger partial charge on any atom is -0.383 e. The van der Waals surface area contributed by atoms with Crippen LogP contribution in [0.2, 0.25) is 0 Å². The predicted molar refractivity (Wildman–Crippen MR) is 137 cm³/mol. The van der Waals surface area contributed by atoms with E-state index >= 15 is 0 Å². The Morgan fingerprint density at radius 1 is 1.00 bits per heavy atom. The van der Waals surface area contributed by atoms with E-state index in [1.54, 1.807) is 12.0 Å². The Morgan fingerprint density at radius 2 is 1.71 bits per heavy atom. The van der Waals surface area contributed by atoms with Crippen LogP contribution in [0.4, 0.5) is 0 Å². The predicted octanol–water partition coefficient (Wildman–Crippen LogP) is 4.46. The molecule has 6 heteroatoms. The molecule has 0 saturated carbocycles. The van der Waals surface area contributed by atoms with E-state index in [0.29, 0.717) is 18.7 Å². The molecule has 1 atom stereocenters. The van der Waals surface area contributed by atoms with Gasteiger partial charge in [0.05, 0.1) is 18.3 Å². The highest BCUT2D eigenvalue weighted by molar-refractivity contribution is 6.03. The highest BCUT2D eigenvalue weighted by Crippen LogP contribution is 2.46. The highest BCUT2D eigenvalue weighted by atomic mass is 16.5. The zero-order valence-electron chi connectivity index (χ0n) is 20.2. The molecule has 2 amide bonds. The van der Waals surface area contributed by atoms with E-state index in [-0.39, 0.29) is 24.4 Å². The first-order chi connectivity index (χ1) is 17.0. The van der Waals surface area contributed by atoms with Crippen molar-refractivity contribution in [1.29, 1.82) is 0 Å². The number of nitrogens with zero attached hydrogens (tertiary/aromatic N) is 2. The zero-order valence-corrected chi connectivity index (χ0v) is 20.2. The van der Waals surface area contributed by atoms with Gasteiger partial charge in [-0.2, -0.15) is 0 Å². The van der Waals surface area contributed by atoms with E-state index in [1.807, 2.05) is 36.4 Å². The standard InChI is InChI=1S/C29H29N3O3/c1-19-12-14-20(15-13-19)27-26(23-10-6-7-11-24(23)31(27)2)28-21-8-4-5-9-22(21)29(34)32(28)18-25(33)30-16-17-35-3/h4-15,28H,16-18H2,1-3H3,(H,30,33). The molecule has 6 nitrogen and oxygen atoms in total. The van der Waals surface area contributed by atoms with Gasteiger partial charge in [0.25, 0.3) is 5.91 Å². The van der Waals surface area contributed by atoms with Crippen molar-refractivity contribution in [1.82, 2.24) is 14.8 Å². The van der Waals surface area contributed by atoms with Crippen LogP contribution in [0.5, 0.6) is 0 Å². The molecule has 1 aromatic heterocycles. The molecule has 4 aromatic rings. The number of amides is 2. The first-order valence-corrected chi connectivity index (χ1v) is 11.8. The van der Waals surface area contributed by atoms with Gasteiger partial charge < -0.3 is 19.5 Å². The minimum absolute atomic E-state index is 0.0293. The Labute approximate surface area is 205 Å². The summed E-state index contributed by atoms with van der Waals surface area (Å²) in [5.41, 5.74) is 6.99. The van der Waals surface area contributed by atoms with E-state index < -0.39 is 0 Å². The van der Waals surface area contributed by atoms with Gasteiger partial charge in [-0.05, 0) is 30.2 Å². The Morgan fingerprint density at radius 3 is 2.49 bits per heavy atom. The second-order valence-corrected chi connectivity index (χ2v) is 8.97. The van der Waals surface area contributed by atoms with Crippen LogP contribution in [0, 0.1) is 6.92 Å². The van der Waals surface area contributed by atoms with Crippen molar-refractivity contribution < 1.29 is 14.3 Å². The van der Waals surface area contributed by atoms with Crippen molar-refractivity contribution in [3.63, 3.8) is 0 Å². The number of hydrogen-bond donors (Lipinski definition) is 1. The Hall–Kier alpha value is -3.90. The van der Waals surface area contributed by atoms with E-state index in [2.05, 4.69) is 60.3 Å². The van der Waals surface area contributed by atoms with Crippen molar-refractivity contribution in [2.75, 3.05) is 26.8 Å². The molecule has 0 fully saturated rings. The van der Waals surface area contributed by atoms with Gasteiger partial charge in [-0.1, -0.05) is 66.2 Å². The Kier molecular flexibility index (Phi) is 6.14. The second-order valence-electron chi connectivity index (χ2n) is 8.97. The molecule has 2 heterocycles. The molecule has 178 valence electrons. The molecule has 35 heavy (non-hydrogen) atoms. The molecule has 5 rings (SSSR count). The number of para-hydroxylation sites is 1. The lowest BCUT2D eigenvalue weighted by Gasteiger charge is -2.26. The zero-order chi connectivity index (χ0) is 24.5. The summed E-state index contributed by atoms with van der Waals surface area (Å²) in [6.07, 6.45) is 0. The topological polar surface area (TPSA) is 63.6 Å². The normalized spacial score (nSPS) is 15.0. The van der Waals surface area contributed by atoms with E-state index in [4.69, 9.17) is 4.74 Å². The number of aromatic nitrogens is 1. The van der Waals surface area contributed by atoms with Crippen LogP contribution in [0.1, 0.15) is 33.1 Å². The van der Waals surface area contributed by atoms with Gasteiger partial charge in [0.15, 0.2) is 0 Å². The molecule has 0 spiro atoms. The number of nitrogens with one attached hydrogen (secondary N) is 1. The lowest BCUT2D eigenvalue weighted by molar-refractivity contribution is -0.122. The fourth-order valence-electron chi connectivity index (χ4n) is 5.11. The summed E-state index contributed by atoms with van der Waals surface area (Å²) < 4.78 is 7.24. The van der Waals surface area contributed by atoms with E-state index in [0.717, 1.165) is 33.3 Å². The summed E-state index contributed by atoms with van der Waals surface area (Å²) in [5.74, 6) is -0.333. The minimum atomic E-state index is -0.380. The van der Waals surface area contributed by atoms with Gasteiger partial charge in [0.1, 0.15) is 6.54 Å². The maximum atomic E-state index is 13.6. The number of aryl methyl sites for hydroxylation is 2. The molecule has 0 saturated heterocycles. The molecule has 1 aliphatic heterocycles. The number of methoxy groups -OCH3 is 1. The van der Waals surface area contributed by atoms with Crippen LogP contribution < -0.4 is 5.32 Å². The van der Waals surface area contributed by atoms with Crippen LogP contribution >= 0.6 is 0 Å². The third kappa shape index (κ3) is 4.00. The molecule has 0 bridgehead atoms. The average molecular weight is 468 g/mol. The van der Waals surface area contributed by atoms with Gasteiger partial charge in [0, 0.05) is 42.7 Å². The number of benzene rings is 3. The number of fused-ring (bicyclic) bond motifs is 2. The summed E-state index contributed by atoms with van der Waals surface area (Å²) in [6, 6.07) is 24.0. The smallest absolute Gasteiger partial charge is 0.255 e. The van der Waals surface area contributed by atoms with Crippen LogP contribution in [0.25, 0.3) is 22.2 Å². The van der Waals surface area contributed by atoms with E-state index in [9.17, 15) is 9.59 Å². The lowest BCUT2D eigenvalue weighted by Crippen LogP contribution is -2.40. The number of rotatable bonds is 7. The monoisotopic (exact) mass is 467 g/mol. The quantitative estimate of drug-likeness (QED) is 0.408. The molecule has 3 aromatic carbocycles. The first kappa shape index (κ1) is 22.9. The largest absolute Gasteiger partial charge is 0.383 e. The van der Waals surface area contributed by atoms with Crippen molar-refractivity contribution in [3.05, 3.63) is 95.1 Å².